The number of benzene rings is 2. The van der Waals surface area contributed by atoms with Crippen LogP contribution >= 0.6 is 15.9 Å². The zero-order valence-corrected chi connectivity index (χ0v) is 18.7. The zero-order valence-electron chi connectivity index (χ0n) is 17.1. The average molecular weight is 473 g/mol. The Morgan fingerprint density at radius 1 is 1.23 bits per heavy atom. The van der Waals surface area contributed by atoms with Crippen molar-refractivity contribution in [1.29, 1.82) is 0 Å². The van der Waals surface area contributed by atoms with Gasteiger partial charge >= 0.3 is 5.97 Å². The Bertz CT molecular complexity index is 913. The quantitative estimate of drug-likeness (QED) is 0.655. The highest BCUT2D eigenvalue weighted by Gasteiger charge is 2.33. The fourth-order valence-electron chi connectivity index (χ4n) is 4.15. The third kappa shape index (κ3) is 4.74. The van der Waals surface area contributed by atoms with E-state index in [1.165, 1.54) is 12.0 Å². The number of hydrogen-bond acceptors (Lipinski definition) is 5. The molecule has 2 aromatic carbocycles. The van der Waals surface area contributed by atoms with Gasteiger partial charge < -0.3 is 19.3 Å². The summed E-state index contributed by atoms with van der Waals surface area (Å²) in [6.07, 6.45) is 0.797. The zero-order chi connectivity index (χ0) is 20.9. The molecule has 0 amide bonds. The summed E-state index contributed by atoms with van der Waals surface area (Å²) in [6, 6.07) is 16.4. The molecule has 2 aromatic rings. The first-order valence-corrected chi connectivity index (χ1v) is 11.1. The lowest BCUT2D eigenvalue weighted by atomic mass is 9.93. The molecule has 0 aliphatic carbocycles. The fourth-order valence-corrected chi connectivity index (χ4v) is 4.52. The number of carbonyl (C=O) groups is 1. The van der Waals surface area contributed by atoms with Crippen LogP contribution in [0, 0.1) is 0 Å². The second kappa shape index (κ2) is 9.73. The number of hydrogen-bond donors (Lipinski definition) is 1. The third-order valence-electron chi connectivity index (χ3n) is 5.72. The van der Waals surface area contributed by atoms with Crippen molar-refractivity contribution in [3.8, 4) is 0 Å². The maximum absolute atomic E-state index is 12.3. The van der Waals surface area contributed by atoms with Gasteiger partial charge in [0.2, 0.25) is 0 Å². The normalized spacial score (nSPS) is 19.2. The molecule has 1 saturated heterocycles. The summed E-state index contributed by atoms with van der Waals surface area (Å²) >= 11 is 3.60. The number of nitrogens with one attached hydrogen (secondary N) is 1. The molecule has 0 aromatic heterocycles. The van der Waals surface area contributed by atoms with Crippen LogP contribution in [0.5, 0.6) is 0 Å². The van der Waals surface area contributed by atoms with Gasteiger partial charge in [-0.2, -0.15) is 0 Å². The topological polar surface area (TPSA) is 55.6 Å². The Morgan fingerprint density at radius 3 is 2.73 bits per heavy atom. The smallest absolute Gasteiger partial charge is 0.325 e. The Hall–Kier alpha value is -2.22. The molecule has 0 bridgehead atoms. The summed E-state index contributed by atoms with van der Waals surface area (Å²) in [5.41, 5.74) is 3.17. The van der Waals surface area contributed by atoms with Gasteiger partial charge in [0.15, 0.2) is 0 Å². The SMILES string of the molecule is COC(=O)CN1C(CC[NH+]2CCOCC2)=Nc2ccc(Br)cc2C1c1ccccc1. The number of amidine groups is 1. The Balaban J connectivity index is 1.71. The van der Waals surface area contributed by atoms with Crippen molar-refractivity contribution in [2.75, 3.05) is 46.5 Å². The van der Waals surface area contributed by atoms with Crippen LogP contribution in [-0.2, 0) is 14.3 Å². The number of carbonyl (C=O) groups excluding carboxylic acids is 1. The number of aliphatic imine (C=N–C) groups is 1. The van der Waals surface area contributed by atoms with Gasteiger partial charge in [-0.1, -0.05) is 46.3 Å². The lowest BCUT2D eigenvalue weighted by Gasteiger charge is -2.38. The maximum atomic E-state index is 12.3. The Labute approximate surface area is 185 Å². The molecule has 0 radical (unpaired) electrons. The van der Waals surface area contributed by atoms with Crippen LogP contribution in [0.1, 0.15) is 23.6 Å². The summed E-state index contributed by atoms with van der Waals surface area (Å²) in [4.78, 5) is 20.9. The maximum Gasteiger partial charge on any atom is 0.325 e. The molecular formula is C23H27BrN3O3+. The van der Waals surface area contributed by atoms with E-state index >= 15 is 0 Å². The highest BCUT2D eigenvalue weighted by Crippen LogP contribution is 2.40. The van der Waals surface area contributed by atoms with Gasteiger partial charge in [-0.15, -0.1) is 0 Å². The molecule has 1 fully saturated rings. The van der Waals surface area contributed by atoms with Gasteiger partial charge in [-0.25, -0.2) is 4.99 Å². The molecule has 30 heavy (non-hydrogen) atoms. The lowest BCUT2D eigenvalue weighted by molar-refractivity contribution is -0.907. The summed E-state index contributed by atoms with van der Waals surface area (Å²) in [5, 5.41) is 0. The third-order valence-corrected chi connectivity index (χ3v) is 6.21. The van der Waals surface area contributed by atoms with Crippen molar-refractivity contribution >= 4 is 33.4 Å². The van der Waals surface area contributed by atoms with E-state index in [2.05, 4.69) is 39.0 Å². The lowest BCUT2D eigenvalue weighted by Crippen LogP contribution is -3.14. The Kier molecular flexibility index (Phi) is 6.82. The average Bonchev–Trinajstić information content (AvgIpc) is 2.79. The summed E-state index contributed by atoms with van der Waals surface area (Å²) in [6.45, 7) is 4.76. The van der Waals surface area contributed by atoms with Gasteiger partial charge in [0.25, 0.3) is 0 Å². The summed E-state index contributed by atoms with van der Waals surface area (Å²) in [7, 11) is 1.43. The number of ether oxygens (including phenoxy) is 2. The number of fused-ring (bicyclic) bond motifs is 1. The minimum Gasteiger partial charge on any atom is -0.468 e. The van der Waals surface area contributed by atoms with Crippen LogP contribution in [0.4, 0.5) is 5.69 Å². The van der Waals surface area contributed by atoms with E-state index in [-0.39, 0.29) is 18.6 Å². The van der Waals surface area contributed by atoms with Gasteiger partial charge in [-0.05, 0) is 23.8 Å². The molecule has 2 heterocycles. The monoisotopic (exact) mass is 472 g/mol. The van der Waals surface area contributed by atoms with Crippen LogP contribution in [0.3, 0.4) is 0 Å². The number of halogens is 1. The first-order valence-electron chi connectivity index (χ1n) is 10.3. The molecule has 0 saturated carbocycles. The number of morpholine rings is 1. The Morgan fingerprint density at radius 2 is 2.00 bits per heavy atom. The molecule has 2 aliphatic heterocycles. The molecule has 4 rings (SSSR count). The molecule has 2 aliphatic rings. The second-order valence-electron chi connectivity index (χ2n) is 7.61. The highest BCUT2D eigenvalue weighted by atomic mass is 79.9. The van der Waals surface area contributed by atoms with Crippen molar-refractivity contribution in [2.45, 2.75) is 12.5 Å². The first kappa shape index (κ1) is 21.0. The standard InChI is InChI=1S/C23H26BrN3O3/c1-29-22(28)16-27-21(9-10-26-11-13-30-14-12-26)25-20-8-7-18(24)15-19(20)23(27)17-5-3-2-4-6-17/h2-8,15,23H,9-14,16H2,1H3/p+1. The van der Waals surface area contributed by atoms with Gasteiger partial charge in [-0.3, -0.25) is 4.79 Å². The van der Waals surface area contributed by atoms with Crippen LogP contribution in [0.2, 0.25) is 0 Å². The van der Waals surface area contributed by atoms with Gasteiger partial charge in [0.1, 0.15) is 25.5 Å². The van der Waals surface area contributed by atoms with Crippen molar-refractivity contribution in [2.24, 2.45) is 4.99 Å². The molecule has 158 valence electrons. The van der Waals surface area contributed by atoms with Crippen LogP contribution in [0.15, 0.2) is 58.0 Å². The number of methoxy groups -OCH3 is 1. The van der Waals surface area contributed by atoms with E-state index in [1.54, 1.807) is 0 Å². The second-order valence-corrected chi connectivity index (χ2v) is 8.53. The van der Waals surface area contributed by atoms with Crippen LogP contribution in [0.25, 0.3) is 0 Å². The molecule has 1 N–H and O–H groups in total. The molecule has 6 nitrogen and oxygen atoms in total. The van der Waals surface area contributed by atoms with Crippen LogP contribution in [-0.4, -0.2) is 63.2 Å². The summed E-state index contributed by atoms with van der Waals surface area (Å²) < 4.78 is 11.5. The van der Waals surface area contributed by atoms with E-state index in [4.69, 9.17) is 14.5 Å². The number of rotatable bonds is 6. The van der Waals surface area contributed by atoms with Gasteiger partial charge in [0.05, 0.1) is 45.0 Å². The van der Waals surface area contributed by atoms with Crippen LogP contribution < -0.4 is 4.90 Å². The number of esters is 1. The molecular weight excluding hydrogens is 446 g/mol. The fraction of sp³-hybridized carbons (Fsp3) is 0.391. The van der Waals surface area contributed by atoms with Crippen molar-refractivity contribution < 1.29 is 19.2 Å². The molecule has 1 atom stereocenters. The predicted molar refractivity (Wildman–Crippen MR) is 119 cm³/mol. The van der Waals surface area contributed by atoms with Crippen molar-refractivity contribution in [3.05, 3.63) is 64.1 Å². The van der Waals surface area contributed by atoms with E-state index in [9.17, 15) is 4.79 Å². The first-order chi connectivity index (χ1) is 14.7. The van der Waals surface area contributed by atoms with E-state index < -0.39 is 0 Å². The molecule has 1 unspecified atom stereocenters. The number of quaternary nitrogens is 1. The minimum atomic E-state index is -0.263. The number of nitrogens with zero attached hydrogens (tertiary/aromatic N) is 2. The highest BCUT2D eigenvalue weighted by molar-refractivity contribution is 9.10. The largest absolute Gasteiger partial charge is 0.468 e. The minimum absolute atomic E-state index is 0.0926. The van der Waals surface area contributed by atoms with Crippen molar-refractivity contribution in [1.82, 2.24) is 4.90 Å². The van der Waals surface area contributed by atoms with E-state index in [1.807, 2.05) is 30.3 Å². The predicted octanol–water partition coefficient (Wildman–Crippen LogP) is 2.36. The van der Waals surface area contributed by atoms with E-state index in [0.29, 0.717) is 0 Å². The van der Waals surface area contributed by atoms with E-state index in [0.717, 1.165) is 66.4 Å². The molecule has 0 spiro atoms. The molecule has 7 heteroatoms. The van der Waals surface area contributed by atoms with Gasteiger partial charge in [0, 0.05) is 10.0 Å². The summed E-state index contributed by atoms with van der Waals surface area (Å²) in [5.74, 6) is 0.670. The van der Waals surface area contributed by atoms with Crippen molar-refractivity contribution in [3.63, 3.8) is 0 Å².